The molecule has 5 heteroatoms. The van der Waals surface area contributed by atoms with Crippen LogP contribution < -0.4 is 0 Å². The second kappa shape index (κ2) is 5.46. The van der Waals surface area contributed by atoms with Gasteiger partial charge >= 0.3 is 0 Å². The standard InChI is InChI=1S/C13H18N4S/c1-4-11(16(2)3)12-14-15-13(18)17(12)10-8-6-5-7-9-10/h5-9,11H,4H2,1-3H3,(H,15,18)/t11-/m1/s1. The van der Waals surface area contributed by atoms with Gasteiger partial charge in [-0.3, -0.25) is 14.6 Å². The Hall–Kier alpha value is -1.46. The lowest BCUT2D eigenvalue weighted by Crippen LogP contribution is -2.22. The van der Waals surface area contributed by atoms with Crippen molar-refractivity contribution in [2.45, 2.75) is 19.4 Å². The Bertz CT molecular complexity index is 556. The molecule has 1 heterocycles. The first-order valence-corrected chi connectivity index (χ1v) is 6.45. The number of nitrogens with zero attached hydrogens (tertiary/aromatic N) is 3. The van der Waals surface area contributed by atoms with Crippen molar-refractivity contribution in [3.8, 4) is 5.69 Å². The first kappa shape index (κ1) is 13.0. The van der Waals surface area contributed by atoms with Crippen molar-refractivity contribution in [2.24, 2.45) is 0 Å². The lowest BCUT2D eigenvalue weighted by atomic mass is 10.2. The Labute approximate surface area is 112 Å². The smallest absolute Gasteiger partial charge is 0.199 e. The van der Waals surface area contributed by atoms with Gasteiger partial charge in [-0.15, -0.1) is 0 Å². The third kappa shape index (κ3) is 2.37. The Balaban J connectivity index is 2.55. The SMILES string of the molecule is CC[C@H](c1n[nH]c(=S)n1-c1ccccc1)N(C)C. The molecule has 96 valence electrons. The molecule has 0 spiro atoms. The van der Waals surface area contributed by atoms with Crippen LogP contribution >= 0.6 is 12.2 Å². The number of aromatic nitrogens is 3. The fraction of sp³-hybridized carbons (Fsp3) is 0.385. The second-order valence-corrected chi connectivity index (χ2v) is 4.83. The average Bonchev–Trinajstić information content (AvgIpc) is 2.73. The summed E-state index contributed by atoms with van der Waals surface area (Å²) >= 11 is 5.33. The van der Waals surface area contributed by atoms with E-state index in [4.69, 9.17) is 12.2 Å². The summed E-state index contributed by atoms with van der Waals surface area (Å²) in [6, 6.07) is 10.3. The van der Waals surface area contributed by atoms with Crippen LogP contribution in [0.5, 0.6) is 0 Å². The third-order valence-electron chi connectivity index (χ3n) is 3.02. The molecule has 0 bridgehead atoms. The van der Waals surface area contributed by atoms with E-state index in [1.54, 1.807) is 0 Å². The Kier molecular flexibility index (Phi) is 3.93. The van der Waals surface area contributed by atoms with Gasteiger partial charge in [0.15, 0.2) is 10.6 Å². The fourth-order valence-electron chi connectivity index (χ4n) is 2.14. The van der Waals surface area contributed by atoms with Crippen LogP contribution in [0.4, 0.5) is 0 Å². The zero-order valence-electron chi connectivity index (χ0n) is 10.9. The number of nitrogens with one attached hydrogen (secondary N) is 1. The van der Waals surface area contributed by atoms with Crippen molar-refractivity contribution >= 4 is 12.2 Å². The lowest BCUT2D eigenvalue weighted by molar-refractivity contribution is 0.277. The molecule has 2 rings (SSSR count). The van der Waals surface area contributed by atoms with Gasteiger partial charge in [-0.2, -0.15) is 5.10 Å². The first-order chi connectivity index (χ1) is 8.65. The van der Waals surface area contributed by atoms with Gasteiger partial charge in [0.25, 0.3) is 0 Å². The second-order valence-electron chi connectivity index (χ2n) is 4.45. The molecule has 0 saturated heterocycles. The highest BCUT2D eigenvalue weighted by atomic mass is 32.1. The van der Waals surface area contributed by atoms with Gasteiger partial charge in [-0.25, -0.2) is 0 Å². The molecule has 18 heavy (non-hydrogen) atoms. The molecule has 0 fully saturated rings. The van der Waals surface area contributed by atoms with Gasteiger partial charge < -0.3 is 0 Å². The summed E-state index contributed by atoms with van der Waals surface area (Å²) in [5.74, 6) is 0.957. The van der Waals surface area contributed by atoms with Gasteiger partial charge in [0.2, 0.25) is 0 Å². The van der Waals surface area contributed by atoms with Crippen molar-refractivity contribution < 1.29 is 0 Å². The molecule has 0 unspecified atom stereocenters. The number of benzene rings is 1. The summed E-state index contributed by atoms with van der Waals surface area (Å²) < 4.78 is 2.64. The Morgan fingerprint density at radius 2 is 2.00 bits per heavy atom. The van der Waals surface area contributed by atoms with Crippen molar-refractivity contribution in [1.82, 2.24) is 19.7 Å². The highest BCUT2D eigenvalue weighted by Gasteiger charge is 2.19. The Morgan fingerprint density at radius 1 is 1.33 bits per heavy atom. The van der Waals surface area contributed by atoms with Crippen LogP contribution in [0.1, 0.15) is 25.2 Å². The number of aromatic amines is 1. The normalized spacial score (nSPS) is 12.9. The van der Waals surface area contributed by atoms with Crippen molar-refractivity contribution in [3.05, 3.63) is 40.9 Å². The molecule has 4 nitrogen and oxygen atoms in total. The van der Waals surface area contributed by atoms with E-state index in [1.165, 1.54) is 0 Å². The molecule has 1 aromatic carbocycles. The summed E-state index contributed by atoms with van der Waals surface area (Å²) in [7, 11) is 4.11. The summed E-state index contributed by atoms with van der Waals surface area (Å²) in [5, 5.41) is 7.28. The maximum Gasteiger partial charge on any atom is 0.199 e. The van der Waals surface area contributed by atoms with E-state index in [0.29, 0.717) is 4.77 Å². The predicted octanol–water partition coefficient (Wildman–Crippen LogP) is 2.94. The van der Waals surface area contributed by atoms with Crippen LogP contribution in [-0.4, -0.2) is 33.8 Å². The van der Waals surface area contributed by atoms with Gasteiger partial charge in [-0.1, -0.05) is 25.1 Å². The molecule has 1 aromatic heterocycles. The van der Waals surface area contributed by atoms with Crippen LogP contribution in [0.2, 0.25) is 0 Å². The zero-order chi connectivity index (χ0) is 13.1. The van der Waals surface area contributed by atoms with Gasteiger partial charge in [0.05, 0.1) is 6.04 Å². The zero-order valence-corrected chi connectivity index (χ0v) is 11.7. The molecule has 0 amide bonds. The molecule has 0 aliphatic heterocycles. The van der Waals surface area contributed by atoms with Crippen molar-refractivity contribution in [2.75, 3.05) is 14.1 Å². The van der Waals surface area contributed by atoms with Crippen LogP contribution in [0, 0.1) is 4.77 Å². The molecule has 0 radical (unpaired) electrons. The first-order valence-electron chi connectivity index (χ1n) is 6.04. The molecule has 1 N–H and O–H groups in total. The van der Waals surface area contributed by atoms with Crippen LogP contribution in [-0.2, 0) is 0 Å². The number of para-hydroxylation sites is 1. The molecule has 2 aromatic rings. The van der Waals surface area contributed by atoms with E-state index in [-0.39, 0.29) is 6.04 Å². The number of H-pyrrole nitrogens is 1. The van der Waals surface area contributed by atoms with Crippen molar-refractivity contribution in [1.29, 1.82) is 0 Å². The highest BCUT2D eigenvalue weighted by molar-refractivity contribution is 7.71. The molecule has 0 saturated carbocycles. The monoisotopic (exact) mass is 262 g/mol. The summed E-state index contributed by atoms with van der Waals surface area (Å²) in [4.78, 5) is 2.16. The molecule has 0 aliphatic rings. The van der Waals surface area contributed by atoms with E-state index < -0.39 is 0 Å². The molecule has 0 aliphatic carbocycles. The van der Waals surface area contributed by atoms with Crippen LogP contribution in [0.15, 0.2) is 30.3 Å². The number of rotatable bonds is 4. The molecule has 1 atom stereocenters. The third-order valence-corrected chi connectivity index (χ3v) is 3.29. The van der Waals surface area contributed by atoms with Gasteiger partial charge in [0.1, 0.15) is 0 Å². The van der Waals surface area contributed by atoms with E-state index in [9.17, 15) is 0 Å². The number of hydrogen-bond donors (Lipinski definition) is 1. The van der Waals surface area contributed by atoms with Gasteiger partial charge in [0, 0.05) is 5.69 Å². The van der Waals surface area contributed by atoms with E-state index in [2.05, 4.69) is 36.1 Å². The topological polar surface area (TPSA) is 36.9 Å². The predicted molar refractivity (Wildman–Crippen MR) is 75.5 cm³/mol. The maximum absolute atomic E-state index is 5.33. The largest absolute Gasteiger partial charge is 0.300 e. The maximum atomic E-state index is 5.33. The minimum Gasteiger partial charge on any atom is -0.300 e. The molecular formula is C13H18N4S. The highest BCUT2D eigenvalue weighted by Crippen LogP contribution is 2.22. The fourth-order valence-corrected chi connectivity index (χ4v) is 2.38. The Morgan fingerprint density at radius 3 is 2.56 bits per heavy atom. The lowest BCUT2D eigenvalue weighted by Gasteiger charge is -2.22. The summed E-state index contributed by atoms with van der Waals surface area (Å²) in [6.07, 6.45) is 0.986. The summed E-state index contributed by atoms with van der Waals surface area (Å²) in [5.41, 5.74) is 1.05. The summed E-state index contributed by atoms with van der Waals surface area (Å²) in [6.45, 7) is 2.15. The van der Waals surface area contributed by atoms with E-state index in [1.807, 2.05) is 34.9 Å². The van der Waals surface area contributed by atoms with E-state index in [0.717, 1.165) is 17.9 Å². The van der Waals surface area contributed by atoms with Gasteiger partial charge in [-0.05, 0) is 44.9 Å². The van der Waals surface area contributed by atoms with E-state index >= 15 is 0 Å². The van der Waals surface area contributed by atoms with Crippen molar-refractivity contribution in [3.63, 3.8) is 0 Å². The average molecular weight is 262 g/mol. The minimum absolute atomic E-state index is 0.248. The number of hydrogen-bond acceptors (Lipinski definition) is 3. The minimum atomic E-state index is 0.248. The quantitative estimate of drug-likeness (QED) is 0.861. The molecular weight excluding hydrogens is 244 g/mol. The van der Waals surface area contributed by atoms with Crippen LogP contribution in [0.3, 0.4) is 0 Å². The van der Waals surface area contributed by atoms with Crippen LogP contribution in [0.25, 0.3) is 5.69 Å².